The van der Waals surface area contributed by atoms with Gasteiger partial charge in [-0.2, -0.15) is 0 Å². The number of aromatic amines is 1. The van der Waals surface area contributed by atoms with Crippen LogP contribution in [0.4, 0.5) is 0 Å². The smallest absolute Gasteiger partial charge is 0.313 e. The van der Waals surface area contributed by atoms with Gasteiger partial charge in [0, 0.05) is 18.9 Å². The van der Waals surface area contributed by atoms with E-state index in [4.69, 9.17) is 0 Å². The summed E-state index contributed by atoms with van der Waals surface area (Å²) in [4.78, 5) is 14.0. The number of imidazole rings is 1. The fourth-order valence-corrected chi connectivity index (χ4v) is 2.48. The fraction of sp³-hybridized carbons (Fsp3) is 0.727. The Morgan fingerprint density at radius 2 is 1.93 bits per heavy atom. The number of hydrogen-bond acceptors (Lipinski definition) is 1. The van der Waals surface area contributed by atoms with Crippen LogP contribution in [0.2, 0.25) is 0 Å². The van der Waals surface area contributed by atoms with E-state index in [0.717, 1.165) is 6.54 Å². The van der Waals surface area contributed by atoms with Gasteiger partial charge >= 0.3 is 5.69 Å². The molecule has 2 rings (SSSR count). The molecule has 0 bridgehead atoms. The van der Waals surface area contributed by atoms with E-state index in [-0.39, 0.29) is 5.69 Å². The standard InChI is InChI=1S/C11H18N2O/c1-10(2)8(11(10,3)4)7-13-6-5-12-9(13)14/h5-6,8H,7H2,1-4H3,(H,12,14). The van der Waals surface area contributed by atoms with Crippen LogP contribution >= 0.6 is 0 Å². The minimum atomic E-state index is 0.00324. The minimum Gasteiger partial charge on any atom is -0.313 e. The molecule has 0 spiro atoms. The van der Waals surface area contributed by atoms with Crippen molar-refractivity contribution >= 4 is 0 Å². The first kappa shape index (κ1) is 9.56. The maximum absolute atomic E-state index is 11.3. The Labute approximate surface area is 84.1 Å². The molecule has 1 heterocycles. The maximum atomic E-state index is 11.3. The average Bonchev–Trinajstić information content (AvgIpc) is 2.46. The fourth-order valence-electron chi connectivity index (χ4n) is 2.48. The molecule has 0 amide bonds. The lowest BCUT2D eigenvalue weighted by molar-refractivity contribution is 0.457. The summed E-state index contributed by atoms with van der Waals surface area (Å²) in [5, 5.41) is 0. The zero-order valence-corrected chi connectivity index (χ0v) is 9.29. The Balaban J connectivity index is 2.17. The number of aromatic nitrogens is 2. The highest BCUT2D eigenvalue weighted by molar-refractivity contribution is 5.12. The second-order valence-corrected chi connectivity index (χ2v) is 5.41. The van der Waals surface area contributed by atoms with Crippen LogP contribution in [0.15, 0.2) is 17.2 Å². The molecular formula is C11H18N2O. The van der Waals surface area contributed by atoms with Crippen LogP contribution in [-0.4, -0.2) is 9.55 Å². The van der Waals surface area contributed by atoms with Gasteiger partial charge in [-0.1, -0.05) is 27.7 Å². The molecule has 0 radical (unpaired) electrons. The van der Waals surface area contributed by atoms with Crippen molar-refractivity contribution < 1.29 is 0 Å². The number of hydrogen-bond donors (Lipinski definition) is 1. The largest absolute Gasteiger partial charge is 0.325 e. The maximum Gasteiger partial charge on any atom is 0.325 e. The molecule has 14 heavy (non-hydrogen) atoms. The van der Waals surface area contributed by atoms with E-state index in [2.05, 4.69) is 32.7 Å². The lowest BCUT2D eigenvalue weighted by Crippen LogP contribution is -2.18. The Kier molecular flexibility index (Phi) is 1.72. The molecule has 0 atom stereocenters. The molecule has 1 aromatic rings. The van der Waals surface area contributed by atoms with E-state index in [1.807, 2.05) is 6.20 Å². The molecule has 0 saturated heterocycles. The third-order valence-electron chi connectivity index (χ3n) is 4.42. The summed E-state index contributed by atoms with van der Waals surface area (Å²) in [6.07, 6.45) is 3.53. The summed E-state index contributed by atoms with van der Waals surface area (Å²) in [5.74, 6) is 0.600. The second-order valence-electron chi connectivity index (χ2n) is 5.41. The van der Waals surface area contributed by atoms with Crippen molar-refractivity contribution in [2.75, 3.05) is 0 Å². The molecule has 0 unspecified atom stereocenters. The van der Waals surface area contributed by atoms with E-state index in [1.165, 1.54) is 0 Å². The molecule has 78 valence electrons. The van der Waals surface area contributed by atoms with Gasteiger partial charge in [-0.15, -0.1) is 0 Å². The first-order valence-electron chi connectivity index (χ1n) is 5.11. The summed E-state index contributed by atoms with van der Waals surface area (Å²) < 4.78 is 1.77. The van der Waals surface area contributed by atoms with Crippen LogP contribution < -0.4 is 5.69 Å². The molecule has 0 aromatic carbocycles. The van der Waals surface area contributed by atoms with E-state index < -0.39 is 0 Å². The van der Waals surface area contributed by atoms with Crippen LogP contribution in [0.3, 0.4) is 0 Å². The first-order valence-corrected chi connectivity index (χ1v) is 5.11. The van der Waals surface area contributed by atoms with Crippen LogP contribution in [0.5, 0.6) is 0 Å². The first-order chi connectivity index (χ1) is 6.37. The summed E-state index contributed by atoms with van der Waals surface area (Å²) >= 11 is 0. The van der Waals surface area contributed by atoms with Crippen molar-refractivity contribution in [1.29, 1.82) is 0 Å². The minimum absolute atomic E-state index is 0.00324. The molecule has 1 aromatic heterocycles. The highest BCUT2D eigenvalue weighted by Crippen LogP contribution is 2.68. The summed E-state index contributed by atoms with van der Waals surface area (Å²) in [6, 6.07) is 0. The second kappa shape index (κ2) is 2.53. The van der Waals surface area contributed by atoms with Crippen LogP contribution in [0.25, 0.3) is 0 Å². The Bertz CT molecular complexity index is 383. The predicted octanol–water partition coefficient (Wildman–Crippen LogP) is 1.86. The van der Waals surface area contributed by atoms with Gasteiger partial charge in [0.05, 0.1) is 0 Å². The molecule has 1 N–H and O–H groups in total. The van der Waals surface area contributed by atoms with Gasteiger partial charge in [0.2, 0.25) is 0 Å². The molecule has 3 heteroatoms. The van der Waals surface area contributed by atoms with Crippen molar-refractivity contribution in [3.05, 3.63) is 22.9 Å². The molecule has 1 aliphatic carbocycles. The van der Waals surface area contributed by atoms with Gasteiger partial charge < -0.3 is 4.98 Å². The molecule has 1 fully saturated rings. The summed E-state index contributed by atoms with van der Waals surface area (Å²) in [6.45, 7) is 9.93. The van der Waals surface area contributed by atoms with Crippen molar-refractivity contribution in [3.8, 4) is 0 Å². The van der Waals surface area contributed by atoms with Crippen molar-refractivity contribution in [1.82, 2.24) is 9.55 Å². The average molecular weight is 194 g/mol. The third-order valence-corrected chi connectivity index (χ3v) is 4.42. The quantitative estimate of drug-likeness (QED) is 0.766. The predicted molar refractivity (Wildman–Crippen MR) is 56.1 cm³/mol. The van der Waals surface area contributed by atoms with Crippen molar-refractivity contribution in [2.24, 2.45) is 16.7 Å². The van der Waals surface area contributed by atoms with Crippen LogP contribution in [0, 0.1) is 16.7 Å². The summed E-state index contributed by atoms with van der Waals surface area (Å²) in [7, 11) is 0. The van der Waals surface area contributed by atoms with E-state index in [0.29, 0.717) is 16.7 Å². The van der Waals surface area contributed by atoms with Gasteiger partial charge in [0.25, 0.3) is 0 Å². The normalized spacial score (nSPS) is 23.7. The highest BCUT2D eigenvalue weighted by atomic mass is 16.1. The van der Waals surface area contributed by atoms with Crippen LogP contribution in [-0.2, 0) is 6.54 Å². The zero-order chi connectivity index (χ0) is 10.6. The van der Waals surface area contributed by atoms with E-state index in [9.17, 15) is 4.79 Å². The number of H-pyrrole nitrogens is 1. The van der Waals surface area contributed by atoms with Gasteiger partial charge in [0.15, 0.2) is 0 Å². The molecule has 3 nitrogen and oxygen atoms in total. The molecule has 1 saturated carbocycles. The van der Waals surface area contributed by atoms with Gasteiger partial charge in [-0.3, -0.25) is 4.57 Å². The lowest BCUT2D eigenvalue weighted by Gasteiger charge is -2.04. The molecular weight excluding hydrogens is 176 g/mol. The van der Waals surface area contributed by atoms with Gasteiger partial charge in [0.1, 0.15) is 0 Å². The molecule has 0 aliphatic heterocycles. The number of nitrogens with zero attached hydrogens (tertiary/aromatic N) is 1. The summed E-state index contributed by atoms with van der Waals surface area (Å²) in [5.41, 5.74) is 0.705. The van der Waals surface area contributed by atoms with Crippen molar-refractivity contribution in [3.63, 3.8) is 0 Å². The lowest BCUT2D eigenvalue weighted by atomic mass is 10.0. The number of rotatable bonds is 2. The van der Waals surface area contributed by atoms with E-state index in [1.54, 1.807) is 10.8 Å². The SMILES string of the molecule is CC1(C)C(Cn2cc[nH]c2=O)C1(C)C. The zero-order valence-electron chi connectivity index (χ0n) is 9.29. The molecule has 1 aliphatic rings. The van der Waals surface area contributed by atoms with E-state index >= 15 is 0 Å². The van der Waals surface area contributed by atoms with Gasteiger partial charge in [-0.05, 0) is 16.7 Å². The topological polar surface area (TPSA) is 37.8 Å². The monoisotopic (exact) mass is 194 g/mol. The Morgan fingerprint density at radius 3 is 2.29 bits per heavy atom. The Hall–Kier alpha value is -0.990. The number of nitrogens with one attached hydrogen (secondary N) is 1. The van der Waals surface area contributed by atoms with Gasteiger partial charge in [-0.25, -0.2) is 4.79 Å². The highest BCUT2D eigenvalue weighted by Gasteiger charge is 2.64. The van der Waals surface area contributed by atoms with Crippen molar-refractivity contribution in [2.45, 2.75) is 34.2 Å². The Morgan fingerprint density at radius 1 is 1.36 bits per heavy atom. The third kappa shape index (κ3) is 1.08. The van der Waals surface area contributed by atoms with Crippen LogP contribution in [0.1, 0.15) is 27.7 Å².